The Balaban J connectivity index is 3.77. The number of benzene rings is 1. The van der Waals surface area contributed by atoms with Gasteiger partial charge >= 0.3 is 11.9 Å². The molecule has 0 amide bonds. The molecule has 0 bridgehead atoms. The number of hydrogen-bond donors (Lipinski definition) is 2. The highest BCUT2D eigenvalue weighted by Gasteiger charge is 2.32. The van der Waals surface area contributed by atoms with Crippen molar-refractivity contribution < 1.29 is 19.8 Å². The molecule has 1 aromatic rings. The van der Waals surface area contributed by atoms with E-state index in [0.29, 0.717) is 5.56 Å². The van der Waals surface area contributed by atoms with Crippen LogP contribution in [-0.4, -0.2) is 22.2 Å². The van der Waals surface area contributed by atoms with Crippen molar-refractivity contribution in [1.29, 1.82) is 0 Å². The van der Waals surface area contributed by atoms with Gasteiger partial charge in [-0.3, -0.25) is 9.59 Å². The van der Waals surface area contributed by atoms with E-state index in [-0.39, 0.29) is 0 Å². The Morgan fingerprint density at radius 1 is 0.850 bits per heavy atom. The fourth-order valence-electron chi connectivity index (χ4n) is 3.20. The van der Waals surface area contributed by atoms with E-state index in [1.165, 1.54) is 0 Å². The normalized spacial score (nSPS) is 10.9. The second-order valence-electron chi connectivity index (χ2n) is 5.06. The SMILES string of the molecule is CCc1c(C)c(CC)c(C)c(C(C(=O)O)C(=O)O)c1C. The summed E-state index contributed by atoms with van der Waals surface area (Å²) in [6.45, 7) is 9.69. The summed E-state index contributed by atoms with van der Waals surface area (Å²) in [5.41, 5.74) is 5.33. The number of aliphatic carboxylic acids is 2. The summed E-state index contributed by atoms with van der Waals surface area (Å²) in [6, 6.07) is 0. The first-order valence-corrected chi connectivity index (χ1v) is 6.84. The molecule has 0 saturated carbocycles. The second kappa shape index (κ2) is 6.07. The van der Waals surface area contributed by atoms with Crippen LogP contribution in [0.5, 0.6) is 0 Å². The second-order valence-corrected chi connectivity index (χ2v) is 5.06. The van der Waals surface area contributed by atoms with E-state index in [9.17, 15) is 19.8 Å². The summed E-state index contributed by atoms with van der Waals surface area (Å²) >= 11 is 0. The predicted molar refractivity (Wildman–Crippen MR) is 77.4 cm³/mol. The lowest BCUT2D eigenvalue weighted by Crippen LogP contribution is -2.24. The van der Waals surface area contributed by atoms with Crippen LogP contribution in [0, 0.1) is 20.8 Å². The van der Waals surface area contributed by atoms with Crippen LogP contribution in [-0.2, 0) is 22.4 Å². The molecule has 4 heteroatoms. The topological polar surface area (TPSA) is 74.6 Å². The molecule has 0 saturated heterocycles. The molecule has 110 valence electrons. The third kappa shape index (κ3) is 2.55. The Morgan fingerprint density at radius 3 is 1.45 bits per heavy atom. The molecular weight excluding hydrogens is 256 g/mol. The monoisotopic (exact) mass is 278 g/mol. The first kappa shape index (κ1) is 16.2. The molecule has 0 heterocycles. The molecule has 0 atom stereocenters. The molecule has 0 spiro atoms. The van der Waals surface area contributed by atoms with Gasteiger partial charge in [0.15, 0.2) is 5.92 Å². The van der Waals surface area contributed by atoms with Crippen molar-refractivity contribution in [2.75, 3.05) is 0 Å². The maximum Gasteiger partial charge on any atom is 0.322 e. The maximum atomic E-state index is 11.3. The predicted octanol–water partition coefficient (Wildman–Crippen LogP) is 2.99. The Hall–Kier alpha value is -1.84. The molecule has 0 aliphatic carbocycles. The summed E-state index contributed by atoms with van der Waals surface area (Å²) in [5.74, 6) is -4.11. The molecule has 0 aromatic heterocycles. The van der Waals surface area contributed by atoms with Gasteiger partial charge in [-0.05, 0) is 67.0 Å². The summed E-state index contributed by atoms with van der Waals surface area (Å²) in [4.78, 5) is 22.7. The average Bonchev–Trinajstić information content (AvgIpc) is 2.34. The Bertz CT molecular complexity index is 513. The van der Waals surface area contributed by atoms with Crippen LogP contribution in [0.15, 0.2) is 0 Å². The van der Waals surface area contributed by atoms with Crippen molar-refractivity contribution in [2.45, 2.75) is 53.4 Å². The third-order valence-corrected chi connectivity index (χ3v) is 4.11. The minimum atomic E-state index is -1.49. The summed E-state index contributed by atoms with van der Waals surface area (Å²) < 4.78 is 0. The molecule has 0 aliphatic heterocycles. The zero-order valence-corrected chi connectivity index (χ0v) is 12.7. The highest BCUT2D eigenvalue weighted by atomic mass is 16.4. The minimum absolute atomic E-state index is 0.448. The van der Waals surface area contributed by atoms with Gasteiger partial charge in [0.1, 0.15) is 0 Å². The number of rotatable bonds is 5. The van der Waals surface area contributed by atoms with E-state index in [1.807, 2.05) is 34.6 Å². The third-order valence-electron chi connectivity index (χ3n) is 4.11. The summed E-state index contributed by atoms with van der Waals surface area (Å²) in [7, 11) is 0. The molecular formula is C16H22O4. The van der Waals surface area contributed by atoms with Crippen molar-refractivity contribution >= 4 is 11.9 Å². The molecule has 20 heavy (non-hydrogen) atoms. The van der Waals surface area contributed by atoms with E-state index in [1.54, 1.807) is 0 Å². The van der Waals surface area contributed by atoms with Crippen LogP contribution in [0.1, 0.15) is 53.1 Å². The molecule has 0 aliphatic rings. The lowest BCUT2D eigenvalue weighted by molar-refractivity contribution is -0.150. The van der Waals surface area contributed by atoms with E-state index in [0.717, 1.165) is 40.7 Å². The lowest BCUT2D eigenvalue weighted by Gasteiger charge is -2.23. The Kier molecular flexibility index (Phi) is 4.93. The van der Waals surface area contributed by atoms with Crippen molar-refractivity contribution in [1.82, 2.24) is 0 Å². The van der Waals surface area contributed by atoms with Gasteiger partial charge in [-0.15, -0.1) is 0 Å². The molecule has 2 N–H and O–H groups in total. The van der Waals surface area contributed by atoms with Gasteiger partial charge < -0.3 is 10.2 Å². The average molecular weight is 278 g/mol. The maximum absolute atomic E-state index is 11.3. The molecule has 0 unspecified atom stereocenters. The quantitative estimate of drug-likeness (QED) is 0.812. The highest BCUT2D eigenvalue weighted by Crippen LogP contribution is 2.33. The van der Waals surface area contributed by atoms with E-state index < -0.39 is 17.9 Å². The van der Waals surface area contributed by atoms with Crippen molar-refractivity contribution in [2.24, 2.45) is 0 Å². The van der Waals surface area contributed by atoms with E-state index in [2.05, 4.69) is 0 Å². The van der Waals surface area contributed by atoms with Crippen LogP contribution in [0.25, 0.3) is 0 Å². The van der Waals surface area contributed by atoms with Crippen LogP contribution < -0.4 is 0 Å². The standard InChI is InChI=1S/C16H22O4/c1-6-11-8(3)12(7-2)10(5)13(9(11)4)14(15(17)18)16(19)20/h14H,6-7H2,1-5H3,(H,17,18)(H,19,20). The number of carboxylic acid groups (broad SMARTS) is 2. The van der Waals surface area contributed by atoms with Crippen molar-refractivity contribution in [3.8, 4) is 0 Å². The van der Waals surface area contributed by atoms with Crippen molar-refractivity contribution in [3.05, 3.63) is 33.4 Å². The number of carbonyl (C=O) groups is 2. The van der Waals surface area contributed by atoms with Gasteiger partial charge in [0.2, 0.25) is 0 Å². The van der Waals surface area contributed by atoms with Crippen molar-refractivity contribution in [3.63, 3.8) is 0 Å². The fourth-order valence-corrected chi connectivity index (χ4v) is 3.20. The molecule has 0 radical (unpaired) electrons. The Morgan fingerprint density at radius 2 is 1.20 bits per heavy atom. The molecule has 0 fully saturated rings. The first-order chi connectivity index (χ1) is 9.27. The largest absolute Gasteiger partial charge is 0.480 e. The first-order valence-electron chi connectivity index (χ1n) is 6.84. The summed E-state index contributed by atoms with van der Waals surface area (Å²) in [6.07, 6.45) is 1.54. The van der Waals surface area contributed by atoms with Crippen LogP contribution in [0.4, 0.5) is 0 Å². The van der Waals surface area contributed by atoms with Gasteiger partial charge in [-0.1, -0.05) is 13.8 Å². The van der Waals surface area contributed by atoms with E-state index in [4.69, 9.17) is 0 Å². The van der Waals surface area contributed by atoms with Gasteiger partial charge in [0, 0.05) is 0 Å². The van der Waals surface area contributed by atoms with E-state index >= 15 is 0 Å². The van der Waals surface area contributed by atoms with Gasteiger partial charge in [0.05, 0.1) is 0 Å². The Labute approximate surface area is 119 Å². The number of hydrogen-bond acceptors (Lipinski definition) is 2. The lowest BCUT2D eigenvalue weighted by atomic mass is 9.81. The molecule has 4 nitrogen and oxygen atoms in total. The minimum Gasteiger partial charge on any atom is -0.480 e. The smallest absolute Gasteiger partial charge is 0.322 e. The molecule has 1 rings (SSSR count). The number of carboxylic acids is 2. The van der Waals surface area contributed by atoms with Crippen LogP contribution >= 0.6 is 0 Å². The van der Waals surface area contributed by atoms with Gasteiger partial charge in [0.25, 0.3) is 0 Å². The van der Waals surface area contributed by atoms with Crippen LogP contribution in [0.3, 0.4) is 0 Å². The zero-order chi connectivity index (χ0) is 15.6. The zero-order valence-electron chi connectivity index (χ0n) is 12.7. The highest BCUT2D eigenvalue weighted by molar-refractivity contribution is 6.00. The summed E-state index contributed by atoms with van der Waals surface area (Å²) in [5, 5.41) is 18.5. The van der Waals surface area contributed by atoms with Crippen LogP contribution in [0.2, 0.25) is 0 Å². The fraction of sp³-hybridized carbons (Fsp3) is 0.500. The van der Waals surface area contributed by atoms with Gasteiger partial charge in [-0.2, -0.15) is 0 Å². The molecule has 1 aromatic carbocycles. The van der Waals surface area contributed by atoms with Gasteiger partial charge in [-0.25, -0.2) is 0 Å².